The van der Waals surface area contributed by atoms with Crippen LogP contribution in [0.25, 0.3) is 0 Å². The van der Waals surface area contributed by atoms with E-state index < -0.39 is 5.91 Å². The monoisotopic (exact) mass is 159 g/mol. The molecule has 0 atom stereocenters. The summed E-state index contributed by atoms with van der Waals surface area (Å²) in [5.41, 5.74) is 1.07. The van der Waals surface area contributed by atoms with Crippen molar-refractivity contribution < 1.29 is 9.28 Å². The van der Waals surface area contributed by atoms with Crippen molar-refractivity contribution in [3.8, 4) is 0 Å². The van der Waals surface area contributed by atoms with Crippen LogP contribution in [-0.2, 0) is 4.79 Å². The maximum atomic E-state index is 11.8. The summed E-state index contributed by atoms with van der Waals surface area (Å²) in [5, 5.41) is 0. The highest BCUT2D eigenvalue weighted by atomic mass is 19.2. The van der Waals surface area contributed by atoms with Gasteiger partial charge >= 0.3 is 0 Å². The van der Waals surface area contributed by atoms with Crippen molar-refractivity contribution in [1.82, 2.24) is 5.54 Å². The largest absolute Gasteiger partial charge is 0.272 e. The Kier molecular flexibility index (Phi) is 1.51. The molecule has 0 unspecified atom stereocenters. The van der Waals surface area contributed by atoms with E-state index in [2.05, 4.69) is 0 Å². The van der Waals surface area contributed by atoms with E-state index >= 15 is 0 Å². The van der Waals surface area contributed by atoms with Gasteiger partial charge in [0.25, 0.3) is 5.91 Å². The lowest BCUT2D eigenvalue weighted by Crippen LogP contribution is -2.19. The molecule has 1 N–H and O–H groups in total. The minimum absolute atomic E-state index is 0.0663. The van der Waals surface area contributed by atoms with Gasteiger partial charge in [0.1, 0.15) is 0 Å². The topological polar surface area (TPSA) is 29.1 Å². The van der Waals surface area contributed by atoms with E-state index in [0.717, 1.165) is 0 Å². The minimum atomic E-state index is -0.486. The maximum Gasteiger partial charge on any atom is 0.251 e. The first-order valence-electron chi connectivity index (χ1n) is 3.76. The molecule has 0 radical (unpaired) electrons. The van der Waals surface area contributed by atoms with Crippen molar-refractivity contribution in [2.75, 3.05) is 0 Å². The summed E-state index contributed by atoms with van der Waals surface area (Å²) in [4.78, 5) is 10.9. The van der Waals surface area contributed by atoms with Crippen LogP contribution in [0.4, 0.5) is 4.48 Å². The van der Waals surface area contributed by atoms with Crippen LogP contribution in [0.3, 0.4) is 0 Å². The third-order valence-corrected chi connectivity index (χ3v) is 3.38. The number of amides is 1. The molecule has 1 aliphatic carbocycles. The van der Waals surface area contributed by atoms with E-state index in [0.29, 0.717) is 0 Å². The molecule has 0 heterocycles. The first-order chi connectivity index (χ1) is 4.85. The van der Waals surface area contributed by atoms with Crippen LogP contribution in [0.1, 0.15) is 27.7 Å². The van der Waals surface area contributed by atoms with Crippen molar-refractivity contribution in [1.29, 1.82) is 0 Å². The van der Waals surface area contributed by atoms with E-state index in [4.69, 9.17) is 0 Å². The fourth-order valence-electron chi connectivity index (χ4n) is 1.91. The molecule has 1 amide bonds. The Balaban J connectivity index is 2.75. The van der Waals surface area contributed by atoms with Crippen molar-refractivity contribution in [2.45, 2.75) is 27.7 Å². The number of carbonyl (C=O) groups excluding carboxylic acids is 1. The van der Waals surface area contributed by atoms with E-state index in [-0.39, 0.29) is 16.7 Å². The molecule has 0 aromatic heterocycles. The van der Waals surface area contributed by atoms with Crippen LogP contribution in [0.15, 0.2) is 0 Å². The predicted octanol–water partition coefficient (Wildman–Crippen LogP) is 1.67. The summed E-state index contributed by atoms with van der Waals surface area (Å²) < 4.78 is 11.8. The van der Waals surface area contributed by atoms with Gasteiger partial charge in [0, 0.05) is 0 Å². The van der Waals surface area contributed by atoms with Gasteiger partial charge in [0.05, 0.1) is 5.92 Å². The normalized spacial score (nSPS) is 26.3. The number of halogens is 1. The van der Waals surface area contributed by atoms with Gasteiger partial charge in [-0.15, -0.1) is 4.48 Å². The Morgan fingerprint density at radius 1 is 1.27 bits per heavy atom. The highest BCUT2D eigenvalue weighted by Gasteiger charge is 2.68. The molecule has 3 heteroatoms. The van der Waals surface area contributed by atoms with Crippen LogP contribution < -0.4 is 5.54 Å². The highest BCUT2D eigenvalue weighted by Crippen LogP contribution is 2.68. The zero-order valence-corrected chi connectivity index (χ0v) is 7.36. The number of rotatable bonds is 1. The van der Waals surface area contributed by atoms with Crippen LogP contribution in [0.5, 0.6) is 0 Å². The Morgan fingerprint density at radius 2 is 1.64 bits per heavy atom. The van der Waals surface area contributed by atoms with Crippen molar-refractivity contribution >= 4 is 5.91 Å². The standard InChI is InChI=1S/C8H14FNO/c1-7(2)5(6(11)10-9)8(7,3)4/h5H,1-4H3,(H,10,11). The SMILES string of the molecule is CC1(C)C(C(=O)NF)C1(C)C. The molecule has 1 fully saturated rings. The lowest BCUT2D eigenvalue weighted by atomic mass is 10.0. The Labute approximate surface area is 66.1 Å². The van der Waals surface area contributed by atoms with Gasteiger partial charge in [-0.05, 0) is 10.8 Å². The van der Waals surface area contributed by atoms with E-state index in [1.807, 2.05) is 27.7 Å². The van der Waals surface area contributed by atoms with Crippen LogP contribution in [0, 0.1) is 16.7 Å². The number of nitrogens with one attached hydrogen (secondary N) is 1. The Morgan fingerprint density at radius 3 is 1.73 bits per heavy atom. The Hall–Kier alpha value is -0.600. The van der Waals surface area contributed by atoms with Gasteiger partial charge < -0.3 is 0 Å². The molecule has 0 saturated heterocycles. The lowest BCUT2D eigenvalue weighted by molar-refractivity contribution is -0.127. The summed E-state index contributed by atoms with van der Waals surface area (Å²) in [6.07, 6.45) is 0. The molecule has 0 spiro atoms. The molecule has 1 aliphatic rings. The molecule has 2 nitrogen and oxygen atoms in total. The van der Waals surface area contributed by atoms with Gasteiger partial charge in [0.2, 0.25) is 0 Å². The first kappa shape index (κ1) is 8.50. The average Bonchev–Trinajstić information content (AvgIpc) is 2.24. The molecular weight excluding hydrogens is 145 g/mol. The summed E-state index contributed by atoms with van der Waals surface area (Å²) >= 11 is 0. The lowest BCUT2D eigenvalue weighted by Gasteiger charge is -2.03. The molecule has 0 aromatic rings. The molecule has 64 valence electrons. The average molecular weight is 159 g/mol. The van der Waals surface area contributed by atoms with Gasteiger partial charge in [-0.2, -0.15) is 5.54 Å². The minimum Gasteiger partial charge on any atom is -0.272 e. The summed E-state index contributed by atoms with van der Waals surface area (Å²) in [6, 6.07) is 0. The molecule has 11 heavy (non-hydrogen) atoms. The third-order valence-electron chi connectivity index (χ3n) is 3.38. The second kappa shape index (κ2) is 1.96. The summed E-state index contributed by atoms with van der Waals surface area (Å²) in [5.74, 6) is -0.667. The van der Waals surface area contributed by atoms with E-state index in [1.165, 1.54) is 5.54 Å². The molecule has 1 saturated carbocycles. The van der Waals surface area contributed by atoms with Crippen molar-refractivity contribution in [2.24, 2.45) is 16.7 Å². The van der Waals surface area contributed by atoms with Gasteiger partial charge in [-0.1, -0.05) is 27.7 Å². The smallest absolute Gasteiger partial charge is 0.251 e. The van der Waals surface area contributed by atoms with Crippen LogP contribution in [0.2, 0.25) is 0 Å². The number of hydrogen-bond donors (Lipinski definition) is 1. The van der Waals surface area contributed by atoms with E-state index in [9.17, 15) is 9.28 Å². The van der Waals surface area contributed by atoms with Crippen molar-refractivity contribution in [3.63, 3.8) is 0 Å². The molecule has 0 aliphatic heterocycles. The van der Waals surface area contributed by atoms with Gasteiger partial charge in [-0.25, -0.2) is 0 Å². The van der Waals surface area contributed by atoms with Crippen LogP contribution >= 0.6 is 0 Å². The van der Waals surface area contributed by atoms with Gasteiger partial charge in [-0.3, -0.25) is 4.79 Å². The first-order valence-corrected chi connectivity index (χ1v) is 3.76. The fourth-order valence-corrected chi connectivity index (χ4v) is 1.91. The zero-order valence-electron chi connectivity index (χ0n) is 7.36. The molecule has 0 bridgehead atoms. The molecule has 0 aromatic carbocycles. The third kappa shape index (κ3) is 0.865. The number of carbonyl (C=O) groups is 1. The second-order valence-corrected chi connectivity index (χ2v) is 4.34. The maximum absolute atomic E-state index is 11.8. The summed E-state index contributed by atoms with van der Waals surface area (Å²) in [6.45, 7) is 7.92. The second-order valence-electron chi connectivity index (χ2n) is 4.34. The quantitative estimate of drug-likeness (QED) is 0.579. The summed E-state index contributed by atoms with van der Waals surface area (Å²) in [7, 11) is 0. The fraction of sp³-hybridized carbons (Fsp3) is 0.875. The zero-order chi connectivity index (χ0) is 8.86. The van der Waals surface area contributed by atoms with Crippen molar-refractivity contribution in [3.05, 3.63) is 0 Å². The van der Waals surface area contributed by atoms with E-state index in [1.54, 1.807) is 0 Å². The molecule has 1 rings (SSSR count). The highest BCUT2D eigenvalue weighted by molar-refractivity contribution is 5.83. The predicted molar refractivity (Wildman–Crippen MR) is 40.3 cm³/mol. The number of hydrogen-bond acceptors (Lipinski definition) is 1. The molecular formula is C8H14FNO. The van der Waals surface area contributed by atoms with Gasteiger partial charge in [0.15, 0.2) is 0 Å². The Bertz CT molecular complexity index is 184. The van der Waals surface area contributed by atoms with Crippen LogP contribution in [-0.4, -0.2) is 5.91 Å².